The van der Waals surface area contributed by atoms with Crippen LogP contribution >= 0.6 is 0 Å². The van der Waals surface area contributed by atoms with E-state index < -0.39 is 5.97 Å². The summed E-state index contributed by atoms with van der Waals surface area (Å²) in [4.78, 5) is 15.3. The summed E-state index contributed by atoms with van der Waals surface area (Å²) in [6.45, 7) is 8.64. The van der Waals surface area contributed by atoms with Gasteiger partial charge in [-0.2, -0.15) is 0 Å². The summed E-state index contributed by atoms with van der Waals surface area (Å²) in [7, 11) is 0. The number of carboxylic acids is 1. The number of carbonyl (C=O) groups is 1. The zero-order chi connectivity index (χ0) is 27.1. The van der Waals surface area contributed by atoms with Crippen molar-refractivity contribution in [1.82, 2.24) is 4.58 Å². The lowest BCUT2D eigenvalue weighted by Gasteiger charge is -2.40. The molecule has 40 heavy (non-hydrogen) atoms. The highest BCUT2D eigenvalue weighted by molar-refractivity contribution is 6.01. The predicted molar refractivity (Wildman–Crippen MR) is 159 cm³/mol. The van der Waals surface area contributed by atoms with Crippen molar-refractivity contribution in [3.05, 3.63) is 73.8 Å². The number of nitrogens with zero attached hydrogens (tertiary/aromatic N) is 2. The van der Waals surface area contributed by atoms with Gasteiger partial charge in [-0.3, -0.25) is 0 Å². The standard InChI is InChI=1S/C35H36N2O3/c1-20(2)21-11-12-24(28(18-21)35(38)39)30-25-8-4-15-37-16-6-10-27(32(25)37)34-29(30)19-23-17-22-7-3-13-36-14-5-9-26(31(22)36)33(23)40-34/h11-12,17-20H,3-10,13-16H2,1-2H3/p+1. The van der Waals surface area contributed by atoms with Crippen molar-refractivity contribution in [1.29, 1.82) is 0 Å². The van der Waals surface area contributed by atoms with E-state index in [4.69, 9.17) is 4.74 Å². The summed E-state index contributed by atoms with van der Waals surface area (Å²) in [6.07, 6.45) is 11.1. The van der Waals surface area contributed by atoms with Gasteiger partial charge in [0, 0.05) is 53.5 Å². The Hall–Kier alpha value is -3.60. The summed E-state index contributed by atoms with van der Waals surface area (Å²) in [6, 6.07) is 8.46. The van der Waals surface area contributed by atoms with Gasteiger partial charge in [0.2, 0.25) is 5.36 Å². The third kappa shape index (κ3) is 3.45. The highest BCUT2D eigenvalue weighted by Crippen LogP contribution is 2.51. The van der Waals surface area contributed by atoms with Gasteiger partial charge in [-0.1, -0.05) is 26.0 Å². The second kappa shape index (κ2) is 8.95. The molecule has 5 aliphatic rings. The zero-order valence-electron chi connectivity index (χ0n) is 23.6. The van der Waals surface area contributed by atoms with E-state index >= 15 is 0 Å². The van der Waals surface area contributed by atoms with Gasteiger partial charge in [0.15, 0.2) is 0 Å². The summed E-state index contributed by atoms with van der Waals surface area (Å²) < 4.78 is 9.69. The molecule has 5 aliphatic heterocycles. The molecular weight excluding hydrogens is 496 g/mol. The molecule has 1 N–H and O–H groups in total. The average molecular weight is 534 g/mol. The fourth-order valence-electron chi connectivity index (χ4n) is 8.15. The maximum Gasteiger partial charge on any atom is 0.336 e. The van der Waals surface area contributed by atoms with Crippen LogP contribution in [0.25, 0.3) is 17.2 Å². The Morgan fingerprint density at radius 1 is 0.925 bits per heavy atom. The van der Waals surface area contributed by atoms with E-state index in [1.165, 1.54) is 46.1 Å². The number of rotatable bonds is 3. The van der Waals surface area contributed by atoms with Gasteiger partial charge in [0.25, 0.3) is 0 Å². The van der Waals surface area contributed by atoms with Crippen molar-refractivity contribution in [2.75, 3.05) is 31.1 Å². The number of aryl methyl sites for hydroxylation is 1. The number of carboxylic acid groups (broad SMARTS) is 1. The topological polar surface area (TPSA) is 52.8 Å². The minimum absolute atomic E-state index is 0.267. The largest absolute Gasteiger partial charge is 0.478 e. The third-order valence-corrected chi connectivity index (χ3v) is 9.90. The fraction of sp³-hybridized carbons (Fsp3) is 0.429. The minimum atomic E-state index is -0.862. The molecule has 0 radical (unpaired) electrons. The first-order chi connectivity index (χ1) is 19.5. The lowest BCUT2D eigenvalue weighted by molar-refractivity contribution is 0.0697. The van der Waals surface area contributed by atoms with Crippen LogP contribution in [0.4, 0.5) is 5.69 Å². The molecule has 3 aromatic carbocycles. The zero-order valence-corrected chi connectivity index (χ0v) is 23.6. The van der Waals surface area contributed by atoms with Crippen LogP contribution in [0.2, 0.25) is 0 Å². The van der Waals surface area contributed by atoms with Crippen molar-refractivity contribution in [2.24, 2.45) is 0 Å². The highest BCUT2D eigenvalue weighted by atomic mass is 16.5. The Labute approximate surface area is 235 Å². The SMILES string of the molecule is CC(C)c1ccc(-c2c3c(c4c5c2CCCN5CCC4)Oc2c4c5c(cc2=C3)CCC[N+]=5CCC4)c(C(=O)O)c1. The molecule has 0 bridgehead atoms. The van der Waals surface area contributed by atoms with E-state index in [2.05, 4.69) is 47.6 Å². The van der Waals surface area contributed by atoms with Gasteiger partial charge < -0.3 is 14.7 Å². The lowest BCUT2D eigenvalue weighted by atomic mass is 9.80. The van der Waals surface area contributed by atoms with Crippen molar-refractivity contribution in [3.8, 4) is 22.6 Å². The normalized spacial score (nSPS) is 18.3. The molecule has 204 valence electrons. The summed E-state index contributed by atoms with van der Waals surface area (Å²) in [5.41, 5.74) is 11.2. The van der Waals surface area contributed by atoms with Crippen LogP contribution in [0.5, 0.6) is 11.5 Å². The number of hydrogen-bond donors (Lipinski definition) is 1. The van der Waals surface area contributed by atoms with Crippen molar-refractivity contribution < 1.29 is 14.6 Å². The molecule has 3 aromatic rings. The molecule has 0 amide bonds. The van der Waals surface area contributed by atoms with Crippen molar-refractivity contribution in [3.63, 3.8) is 0 Å². The van der Waals surface area contributed by atoms with Gasteiger partial charge in [-0.25, -0.2) is 9.37 Å². The van der Waals surface area contributed by atoms with E-state index in [-0.39, 0.29) is 5.92 Å². The van der Waals surface area contributed by atoms with Crippen molar-refractivity contribution >= 4 is 17.7 Å². The van der Waals surface area contributed by atoms with E-state index in [1.54, 1.807) is 0 Å². The van der Waals surface area contributed by atoms with Crippen LogP contribution in [-0.4, -0.2) is 37.3 Å². The molecule has 0 fully saturated rings. The molecule has 0 unspecified atom stereocenters. The number of fused-ring (bicyclic) bond motifs is 4. The van der Waals surface area contributed by atoms with Crippen LogP contribution in [0.1, 0.15) is 89.2 Å². The third-order valence-electron chi connectivity index (χ3n) is 9.90. The Morgan fingerprint density at radius 3 is 2.45 bits per heavy atom. The molecule has 5 heteroatoms. The molecule has 0 saturated carbocycles. The molecule has 0 spiro atoms. The van der Waals surface area contributed by atoms with Crippen LogP contribution in [-0.2, 0) is 25.7 Å². The lowest BCUT2D eigenvalue weighted by Crippen LogP contribution is -2.45. The monoisotopic (exact) mass is 533 g/mol. The number of anilines is 1. The van der Waals surface area contributed by atoms with Crippen LogP contribution in [0.3, 0.4) is 0 Å². The maximum absolute atomic E-state index is 12.7. The molecule has 8 rings (SSSR count). The molecule has 5 nitrogen and oxygen atoms in total. The smallest absolute Gasteiger partial charge is 0.336 e. The van der Waals surface area contributed by atoms with E-state index in [0.29, 0.717) is 5.56 Å². The summed E-state index contributed by atoms with van der Waals surface area (Å²) >= 11 is 0. The molecule has 0 atom stereocenters. The second-order valence-electron chi connectivity index (χ2n) is 12.6. The quantitative estimate of drug-likeness (QED) is 0.368. The molecule has 5 heterocycles. The number of benzene rings is 3. The average Bonchev–Trinajstić information content (AvgIpc) is 2.97. The Bertz CT molecular complexity index is 1740. The van der Waals surface area contributed by atoms with Crippen LogP contribution in [0.15, 0.2) is 24.3 Å². The molecule has 0 aromatic heterocycles. The van der Waals surface area contributed by atoms with Crippen LogP contribution < -0.4 is 24.8 Å². The Kier molecular flexibility index (Phi) is 5.42. The molecule has 0 aliphatic carbocycles. The van der Waals surface area contributed by atoms with Gasteiger partial charge in [-0.05, 0) is 84.9 Å². The Morgan fingerprint density at radius 2 is 1.68 bits per heavy atom. The van der Waals surface area contributed by atoms with E-state index in [9.17, 15) is 9.90 Å². The van der Waals surface area contributed by atoms with Gasteiger partial charge in [0.1, 0.15) is 24.6 Å². The maximum atomic E-state index is 12.7. The number of aromatic carboxylic acids is 1. The van der Waals surface area contributed by atoms with E-state index in [1.807, 2.05) is 6.07 Å². The van der Waals surface area contributed by atoms with Gasteiger partial charge >= 0.3 is 5.97 Å². The van der Waals surface area contributed by atoms with Crippen molar-refractivity contribution in [2.45, 2.75) is 71.1 Å². The molecule has 0 saturated heterocycles. The first kappa shape index (κ1) is 24.2. The number of hydrogen-bond acceptors (Lipinski definition) is 3. The molecular formula is C35H37N2O3+. The van der Waals surface area contributed by atoms with Crippen LogP contribution in [0, 0.1) is 0 Å². The summed E-state index contributed by atoms with van der Waals surface area (Å²) in [5.74, 6) is 1.42. The van der Waals surface area contributed by atoms with Gasteiger partial charge in [-0.15, -0.1) is 0 Å². The van der Waals surface area contributed by atoms with Gasteiger partial charge in [0.05, 0.1) is 11.1 Å². The van der Waals surface area contributed by atoms with E-state index in [0.717, 1.165) is 104 Å². The summed E-state index contributed by atoms with van der Waals surface area (Å²) in [5, 5.41) is 13.0. The first-order valence-corrected chi connectivity index (χ1v) is 15.3. The predicted octanol–water partition coefficient (Wildman–Crippen LogP) is 5.19. The minimum Gasteiger partial charge on any atom is -0.478 e. The fourth-order valence-corrected chi connectivity index (χ4v) is 8.15. The highest BCUT2D eigenvalue weighted by Gasteiger charge is 2.36. The second-order valence-corrected chi connectivity index (χ2v) is 12.6. The Balaban J connectivity index is 1.48. The first-order valence-electron chi connectivity index (χ1n) is 15.3. The number of ether oxygens (including phenoxy) is 1.